The van der Waals surface area contributed by atoms with Crippen molar-refractivity contribution in [1.29, 1.82) is 0 Å². The standard InChI is InChI=1S/C15H14FNO2/c1-9-3-4-10(17)7-13(9)15(18)12-6-5-11(19-2)8-14(12)16/h3-8H,17H2,1-2H3. The average Bonchev–Trinajstić information content (AvgIpc) is 2.40. The number of methoxy groups -OCH3 is 1. The van der Waals surface area contributed by atoms with E-state index in [-0.39, 0.29) is 11.3 Å². The molecule has 0 saturated carbocycles. The van der Waals surface area contributed by atoms with Gasteiger partial charge in [0.25, 0.3) is 0 Å². The molecule has 0 radical (unpaired) electrons. The van der Waals surface area contributed by atoms with E-state index >= 15 is 0 Å². The summed E-state index contributed by atoms with van der Waals surface area (Å²) < 4.78 is 18.8. The highest BCUT2D eigenvalue weighted by Crippen LogP contribution is 2.22. The average molecular weight is 259 g/mol. The van der Waals surface area contributed by atoms with Gasteiger partial charge in [-0.3, -0.25) is 4.79 Å². The quantitative estimate of drug-likeness (QED) is 0.681. The number of hydrogen-bond donors (Lipinski definition) is 1. The molecule has 0 aromatic heterocycles. The van der Waals surface area contributed by atoms with Crippen LogP contribution in [0.1, 0.15) is 21.5 Å². The molecule has 0 bridgehead atoms. The largest absolute Gasteiger partial charge is 0.497 e. The molecule has 0 aliphatic heterocycles. The van der Waals surface area contributed by atoms with Crippen LogP contribution in [0.4, 0.5) is 10.1 Å². The van der Waals surface area contributed by atoms with Crippen LogP contribution in [0.15, 0.2) is 36.4 Å². The van der Waals surface area contributed by atoms with Crippen molar-refractivity contribution < 1.29 is 13.9 Å². The van der Waals surface area contributed by atoms with Gasteiger partial charge in [0, 0.05) is 17.3 Å². The summed E-state index contributed by atoms with van der Waals surface area (Å²) in [5.41, 5.74) is 7.31. The molecule has 0 saturated heterocycles. The molecule has 4 heteroatoms. The molecule has 0 fully saturated rings. The molecule has 0 aliphatic carbocycles. The molecule has 98 valence electrons. The summed E-state index contributed by atoms with van der Waals surface area (Å²) in [5.74, 6) is -0.616. The summed E-state index contributed by atoms with van der Waals surface area (Å²) in [6.07, 6.45) is 0. The molecule has 3 nitrogen and oxygen atoms in total. The number of hydrogen-bond acceptors (Lipinski definition) is 3. The third-order valence-corrected chi connectivity index (χ3v) is 2.93. The van der Waals surface area contributed by atoms with E-state index in [4.69, 9.17) is 10.5 Å². The summed E-state index contributed by atoms with van der Waals surface area (Å²) in [5, 5.41) is 0. The smallest absolute Gasteiger partial charge is 0.196 e. The van der Waals surface area contributed by atoms with Crippen LogP contribution in [0.25, 0.3) is 0 Å². The zero-order valence-corrected chi connectivity index (χ0v) is 10.7. The molecule has 19 heavy (non-hydrogen) atoms. The van der Waals surface area contributed by atoms with Crippen LogP contribution in [-0.2, 0) is 0 Å². The molecule has 0 spiro atoms. The predicted octanol–water partition coefficient (Wildman–Crippen LogP) is 2.96. The van der Waals surface area contributed by atoms with Crippen molar-refractivity contribution in [2.75, 3.05) is 12.8 Å². The summed E-state index contributed by atoms with van der Waals surface area (Å²) in [4.78, 5) is 12.3. The molecule has 2 N–H and O–H groups in total. The number of carbonyl (C=O) groups excluding carboxylic acids is 1. The first kappa shape index (κ1) is 13.1. The van der Waals surface area contributed by atoms with Gasteiger partial charge in [-0.25, -0.2) is 4.39 Å². The monoisotopic (exact) mass is 259 g/mol. The Hall–Kier alpha value is -2.36. The fourth-order valence-corrected chi connectivity index (χ4v) is 1.84. The first-order valence-corrected chi connectivity index (χ1v) is 5.77. The van der Waals surface area contributed by atoms with Gasteiger partial charge in [-0.1, -0.05) is 6.07 Å². The highest BCUT2D eigenvalue weighted by Gasteiger charge is 2.16. The van der Waals surface area contributed by atoms with Crippen molar-refractivity contribution >= 4 is 11.5 Å². The Balaban J connectivity index is 2.47. The molecule has 2 aromatic rings. The summed E-state index contributed by atoms with van der Waals surface area (Å²) in [7, 11) is 1.44. The Labute approximate surface area is 110 Å². The number of nitrogen functional groups attached to an aromatic ring is 1. The number of carbonyl (C=O) groups is 1. The van der Waals surface area contributed by atoms with Crippen molar-refractivity contribution in [1.82, 2.24) is 0 Å². The SMILES string of the molecule is COc1ccc(C(=O)c2cc(N)ccc2C)c(F)c1. The highest BCUT2D eigenvalue weighted by atomic mass is 19.1. The second kappa shape index (κ2) is 5.10. The summed E-state index contributed by atoms with van der Waals surface area (Å²) >= 11 is 0. The Bertz CT molecular complexity index is 638. The van der Waals surface area contributed by atoms with Crippen molar-refractivity contribution in [3.63, 3.8) is 0 Å². The van der Waals surface area contributed by atoms with Gasteiger partial charge in [0.2, 0.25) is 0 Å². The second-order valence-corrected chi connectivity index (χ2v) is 4.25. The van der Waals surface area contributed by atoms with Crippen molar-refractivity contribution in [3.8, 4) is 5.75 Å². The fraction of sp³-hybridized carbons (Fsp3) is 0.133. The van der Waals surface area contributed by atoms with E-state index in [0.717, 1.165) is 5.56 Å². The van der Waals surface area contributed by atoms with Gasteiger partial charge in [-0.2, -0.15) is 0 Å². The zero-order valence-electron chi connectivity index (χ0n) is 10.7. The number of halogens is 1. The highest BCUT2D eigenvalue weighted by molar-refractivity contribution is 6.10. The predicted molar refractivity (Wildman–Crippen MR) is 72.0 cm³/mol. The van der Waals surface area contributed by atoms with E-state index in [1.807, 2.05) is 0 Å². The number of rotatable bonds is 3. The maximum absolute atomic E-state index is 13.9. The maximum Gasteiger partial charge on any atom is 0.196 e. The summed E-state index contributed by atoms with van der Waals surface area (Å²) in [6.45, 7) is 1.79. The van der Waals surface area contributed by atoms with Gasteiger partial charge >= 0.3 is 0 Å². The number of benzene rings is 2. The third kappa shape index (κ3) is 2.57. The molecule has 2 rings (SSSR count). The topological polar surface area (TPSA) is 52.3 Å². The maximum atomic E-state index is 13.9. The van der Waals surface area contributed by atoms with Gasteiger partial charge in [0.1, 0.15) is 11.6 Å². The van der Waals surface area contributed by atoms with Gasteiger partial charge in [-0.05, 0) is 36.8 Å². The van der Waals surface area contributed by atoms with E-state index < -0.39 is 5.82 Å². The van der Waals surface area contributed by atoms with E-state index in [9.17, 15) is 9.18 Å². The van der Waals surface area contributed by atoms with Crippen LogP contribution in [-0.4, -0.2) is 12.9 Å². The molecular formula is C15H14FNO2. The number of ether oxygens (including phenoxy) is 1. The van der Waals surface area contributed by atoms with Crippen molar-refractivity contribution in [3.05, 3.63) is 58.9 Å². The minimum atomic E-state index is -0.605. The Morgan fingerprint density at radius 1 is 1.16 bits per heavy atom. The van der Waals surface area contributed by atoms with Crippen molar-refractivity contribution in [2.45, 2.75) is 6.92 Å². The van der Waals surface area contributed by atoms with Crippen LogP contribution in [0, 0.1) is 12.7 Å². The van der Waals surface area contributed by atoms with E-state index in [2.05, 4.69) is 0 Å². The van der Waals surface area contributed by atoms with Crippen LogP contribution in [0.5, 0.6) is 5.75 Å². The van der Waals surface area contributed by atoms with Gasteiger partial charge in [0.05, 0.1) is 12.7 Å². The fourth-order valence-electron chi connectivity index (χ4n) is 1.84. The Morgan fingerprint density at radius 3 is 2.53 bits per heavy atom. The van der Waals surface area contributed by atoms with E-state index in [1.54, 1.807) is 31.2 Å². The van der Waals surface area contributed by atoms with Crippen LogP contribution >= 0.6 is 0 Å². The number of anilines is 1. The zero-order chi connectivity index (χ0) is 14.0. The van der Waals surface area contributed by atoms with Crippen molar-refractivity contribution in [2.24, 2.45) is 0 Å². The molecule has 0 heterocycles. The molecule has 0 unspecified atom stereocenters. The minimum absolute atomic E-state index is 0.00880. The Morgan fingerprint density at radius 2 is 1.89 bits per heavy atom. The van der Waals surface area contributed by atoms with E-state index in [1.165, 1.54) is 19.2 Å². The summed E-state index contributed by atoms with van der Waals surface area (Å²) in [6, 6.07) is 9.16. The lowest BCUT2D eigenvalue weighted by Crippen LogP contribution is -2.07. The Kier molecular flexibility index (Phi) is 3.51. The van der Waals surface area contributed by atoms with Crippen LogP contribution < -0.4 is 10.5 Å². The molecule has 0 aliphatic rings. The molecule has 0 amide bonds. The number of nitrogens with two attached hydrogens (primary N) is 1. The lowest BCUT2D eigenvalue weighted by atomic mass is 9.98. The third-order valence-electron chi connectivity index (χ3n) is 2.93. The first-order valence-electron chi connectivity index (χ1n) is 5.77. The number of aryl methyl sites for hydroxylation is 1. The second-order valence-electron chi connectivity index (χ2n) is 4.25. The molecule has 0 atom stereocenters. The molecular weight excluding hydrogens is 245 g/mol. The van der Waals surface area contributed by atoms with Gasteiger partial charge in [-0.15, -0.1) is 0 Å². The lowest BCUT2D eigenvalue weighted by Gasteiger charge is -2.08. The minimum Gasteiger partial charge on any atom is -0.497 e. The normalized spacial score (nSPS) is 10.3. The number of ketones is 1. The first-order chi connectivity index (χ1) is 9.02. The van der Waals surface area contributed by atoms with Gasteiger partial charge in [0.15, 0.2) is 5.78 Å². The van der Waals surface area contributed by atoms with Crippen LogP contribution in [0.3, 0.4) is 0 Å². The van der Waals surface area contributed by atoms with Crippen LogP contribution in [0.2, 0.25) is 0 Å². The van der Waals surface area contributed by atoms with Gasteiger partial charge < -0.3 is 10.5 Å². The lowest BCUT2D eigenvalue weighted by molar-refractivity contribution is 0.103. The van der Waals surface area contributed by atoms with E-state index in [0.29, 0.717) is 17.0 Å². The molecule has 2 aromatic carbocycles.